The van der Waals surface area contributed by atoms with Crippen molar-refractivity contribution < 1.29 is 13.0 Å². The molecule has 0 aliphatic carbocycles. The van der Waals surface area contributed by atoms with E-state index in [-0.39, 0.29) is 0 Å². The van der Waals surface area contributed by atoms with Crippen molar-refractivity contribution in [3.05, 3.63) is 38.9 Å². The van der Waals surface area contributed by atoms with E-state index in [9.17, 15) is 4.55 Å². The molecule has 2 rings (SSSR count). The lowest BCUT2D eigenvalue weighted by molar-refractivity contribution is 0.482. The molecule has 0 radical (unpaired) electrons. The monoisotopic (exact) mass is 1190 g/mol. The SMILES string of the molecule is CCCCCCCCCCc1c(CCCCCCCCCC)c(CCCCCCCCCC)c2c(S(=O)(=O)O)c(CCCCCCCCCC)c(CCCCCCCCCC)c(CCCCCCCCCC)c2c1CCCCCCCCCC. The topological polar surface area (TPSA) is 54.4 Å². The van der Waals surface area contributed by atoms with Gasteiger partial charge in [-0.05, 0) is 134 Å². The Labute approximate surface area is 527 Å². The third-order valence-corrected chi connectivity index (χ3v) is 20.7. The van der Waals surface area contributed by atoms with Crippen molar-refractivity contribution in [3.8, 4) is 0 Å². The molecule has 2 aromatic rings. The molecule has 0 aliphatic heterocycles. The number of aryl methyl sites for hydroxylation is 3. The Morgan fingerprint density at radius 1 is 0.190 bits per heavy atom. The molecule has 1 N–H and O–H groups in total. The van der Waals surface area contributed by atoms with Gasteiger partial charge in [0.25, 0.3) is 10.1 Å². The van der Waals surface area contributed by atoms with E-state index in [1.165, 1.54) is 350 Å². The third kappa shape index (κ3) is 36.3. The number of fused-ring (bicyclic) bond motifs is 1. The smallest absolute Gasteiger partial charge is 0.282 e. The summed E-state index contributed by atoms with van der Waals surface area (Å²) in [6.45, 7) is 16.3. The average Bonchev–Trinajstić information content (AvgIpc) is 0.802. The summed E-state index contributed by atoms with van der Waals surface area (Å²) < 4.78 is 42.7. The maximum atomic E-state index is 15.1. The van der Waals surface area contributed by atoms with Crippen LogP contribution in [0.5, 0.6) is 0 Å². The van der Waals surface area contributed by atoms with Gasteiger partial charge >= 0.3 is 0 Å². The second-order valence-corrected chi connectivity index (χ2v) is 28.8. The lowest BCUT2D eigenvalue weighted by Gasteiger charge is -2.30. The van der Waals surface area contributed by atoms with Crippen molar-refractivity contribution in [2.24, 2.45) is 0 Å². The molecule has 0 fully saturated rings. The Hall–Kier alpha value is -1.39. The maximum absolute atomic E-state index is 15.1. The van der Waals surface area contributed by atoms with Gasteiger partial charge in [-0.1, -0.05) is 363 Å². The first-order valence-electron chi connectivity index (χ1n) is 38.9. The van der Waals surface area contributed by atoms with E-state index in [1.807, 2.05) is 0 Å². The predicted molar refractivity (Wildman–Crippen MR) is 378 cm³/mol. The maximum Gasteiger partial charge on any atom is 0.295 e. The van der Waals surface area contributed by atoms with Gasteiger partial charge in [-0.15, -0.1) is 0 Å². The van der Waals surface area contributed by atoms with Gasteiger partial charge in [0.05, 0.1) is 0 Å². The summed E-state index contributed by atoms with van der Waals surface area (Å²) in [5, 5.41) is 2.39. The van der Waals surface area contributed by atoms with Gasteiger partial charge in [0.15, 0.2) is 0 Å². The highest BCUT2D eigenvalue weighted by atomic mass is 32.2. The molecule has 0 unspecified atom stereocenters. The number of hydrogen-bond acceptors (Lipinski definition) is 2. The van der Waals surface area contributed by atoms with Crippen LogP contribution >= 0.6 is 0 Å². The van der Waals surface area contributed by atoms with Gasteiger partial charge in [0.2, 0.25) is 0 Å². The summed E-state index contributed by atoms with van der Waals surface area (Å²) in [7, 11) is -4.58. The molecular weight excluding hydrogens is 1040 g/mol. The molecule has 4 heteroatoms. The second kappa shape index (κ2) is 55.7. The first kappa shape index (κ1) is 78.7. The van der Waals surface area contributed by atoms with Gasteiger partial charge in [-0.25, -0.2) is 0 Å². The van der Waals surface area contributed by atoms with Crippen LogP contribution in [0.25, 0.3) is 10.8 Å². The van der Waals surface area contributed by atoms with Crippen LogP contribution in [0.2, 0.25) is 0 Å². The standard InChI is InChI=1S/C80H148O3S/c1-8-15-22-29-36-43-50-57-64-71-72(65-58-51-44-37-30-23-16-9-2)76(69-62-55-48-41-34-27-20-13-6)79-78(74(71)67-60-53-46-39-32-25-18-11-4)75(68-61-54-47-40-33-26-19-12-5)73(66-59-52-45-38-31-24-17-10-3)77(80(79)84(81,82)83)70-63-56-49-42-35-28-21-14-7/h8-70H2,1-7H3,(H,81,82,83). The fraction of sp³-hybridized carbons (Fsp3) is 0.875. The van der Waals surface area contributed by atoms with E-state index >= 15 is 8.42 Å². The zero-order chi connectivity index (χ0) is 60.8. The predicted octanol–water partition coefficient (Wildman–Crippen LogP) is 27.9. The van der Waals surface area contributed by atoms with Crippen molar-refractivity contribution >= 4 is 20.9 Å². The molecule has 3 nitrogen and oxygen atoms in total. The average molecular weight is 1190 g/mol. The van der Waals surface area contributed by atoms with E-state index in [0.717, 1.165) is 81.6 Å². The van der Waals surface area contributed by atoms with Crippen molar-refractivity contribution in [2.75, 3.05) is 0 Å². The molecule has 0 aromatic heterocycles. The summed E-state index contributed by atoms with van der Waals surface area (Å²) in [4.78, 5) is 0.386. The summed E-state index contributed by atoms with van der Waals surface area (Å²) in [6.07, 6.45) is 78.9. The van der Waals surface area contributed by atoms with Crippen LogP contribution in [0.1, 0.15) is 447 Å². The first-order chi connectivity index (χ1) is 41.3. The van der Waals surface area contributed by atoms with Gasteiger partial charge in [-0.3, -0.25) is 4.55 Å². The van der Waals surface area contributed by atoms with E-state index in [2.05, 4.69) is 48.5 Å². The molecule has 0 bridgehead atoms. The van der Waals surface area contributed by atoms with E-state index in [1.54, 1.807) is 22.3 Å². The molecule has 0 saturated heterocycles. The fourth-order valence-corrected chi connectivity index (χ4v) is 15.5. The summed E-state index contributed by atoms with van der Waals surface area (Å²) in [6, 6.07) is 0. The van der Waals surface area contributed by atoms with Crippen LogP contribution < -0.4 is 0 Å². The minimum Gasteiger partial charge on any atom is -0.282 e. The highest BCUT2D eigenvalue weighted by Gasteiger charge is 2.32. The van der Waals surface area contributed by atoms with E-state index < -0.39 is 10.1 Å². The van der Waals surface area contributed by atoms with Crippen LogP contribution in [0.3, 0.4) is 0 Å². The van der Waals surface area contributed by atoms with E-state index in [4.69, 9.17) is 0 Å². The lowest BCUT2D eigenvalue weighted by atomic mass is 9.76. The zero-order valence-electron chi connectivity index (χ0n) is 58.2. The highest BCUT2D eigenvalue weighted by molar-refractivity contribution is 7.86. The first-order valence-corrected chi connectivity index (χ1v) is 40.3. The minimum absolute atomic E-state index is 0.386. The number of unbranched alkanes of at least 4 members (excludes halogenated alkanes) is 49. The quantitative estimate of drug-likeness (QED) is 0.0530. The Morgan fingerprint density at radius 2 is 0.333 bits per heavy atom. The molecular formula is C80H148O3S. The summed E-state index contributed by atoms with van der Waals surface area (Å²) in [5.41, 5.74) is 10.1. The van der Waals surface area contributed by atoms with Gasteiger partial charge in [0.1, 0.15) is 4.90 Å². The van der Waals surface area contributed by atoms with Crippen LogP contribution in [-0.2, 0) is 55.1 Å². The van der Waals surface area contributed by atoms with Gasteiger partial charge in [-0.2, -0.15) is 8.42 Å². The summed E-state index contributed by atoms with van der Waals surface area (Å²) in [5.74, 6) is 0. The third-order valence-electron chi connectivity index (χ3n) is 19.7. The van der Waals surface area contributed by atoms with Gasteiger partial charge < -0.3 is 0 Å². The van der Waals surface area contributed by atoms with Crippen LogP contribution in [0.15, 0.2) is 4.90 Å². The molecule has 0 heterocycles. The van der Waals surface area contributed by atoms with Gasteiger partial charge in [0, 0.05) is 5.39 Å². The van der Waals surface area contributed by atoms with Crippen LogP contribution in [0.4, 0.5) is 0 Å². The van der Waals surface area contributed by atoms with E-state index in [0.29, 0.717) is 4.90 Å². The van der Waals surface area contributed by atoms with Crippen molar-refractivity contribution in [2.45, 2.75) is 458 Å². The number of benzene rings is 2. The second-order valence-electron chi connectivity index (χ2n) is 27.5. The van der Waals surface area contributed by atoms with Crippen molar-refractivity contribution in [1.29, 1.82) is 0 Å². The number of rotatable bonds is 64. The Morgan fingerprint density at radius 3 is 0.524 bits per heavy atom. The molecule has 0 spiro atoms. The molecule has 0 amide bonds. The molecule has 0 aliphatic rings. The molecule has 492 valence electrons. The molecule has 0 atom stereocenters. The normalized spacial score (nSPS) is 12.0. The lowest BCUT2D eigenvalue weighted by Crippen LogP contribution is -2.17. The highest BCUT2D eigenvalue weighted by Crippen LogP contribution is 2.45. The number of hydrogen-bond donors (Lipinski definition) is 1. The molecule has 84 heavy (non-hydrogen) atoms. The zero-order valence-corrected chi connectivity index (χ0v) is 59.0. The Bertz CT molecular complexity index is 1880. The molecule has 2 aromatic carbocycles. The molecule has 0 saturated carbocycles. The fourth-order valence-electron chi connectivity index (χ4n) is 14.5. The van der Waals surface area contributed by atoms with Crippen LogP contribution in [-0.4, -0.2) is 13.0 Å². The largest absolute Gasteiger partial charge is 0.295 e. The van der Waals surface area contributed by atoms with Crippen molar-refractivity contribution in [1.82, 2.24) is 0 Å². The van der Waals surface area contributed by atoms with Crippen molar-refractivity contribution in [3.63, 3.8) is 0 Å². The summed E-state index contributed by atoms with van der Waals surface area (Å²) >= 11 is 0. The van der Waals surface area contributed by atoms with Crippen LogP contribution in [0, 0.1) is 0 Å². The Balaban J connectivity index is 3.21. The Kier molecular flexibility index (Phi) is 52.2. The minimum atomic E-state index is -4.58.